The Hall–Kier alpha value is -2.60. The van der Waals surface area contributed by atoms with E-state index in [4.69, 9.17) is 15.3 Å². The molecule has 6 heteroatoms. The van der Waals surface area contributed by atoms with E-state index >= 15 is 0 Å². The van der Waals surface area contributed by atoms with Gasteiger partial charge in [0, 0.05) is 6.07 Å². The molecule has 0 unspecified atom stereocenters. The highest BCUT2D eigenvalue weighted by molar-refractivity contribution is 6.10. The predicted molar refractivity (Wildman–Crippen MR) is 59.9 cm³/mol. The molecule has 1 aromatic carbocycles. The Balaban J connectivity index is 2.97. The van der Waals surface area contributed by atoms with Gasteiger partial charge in [-0.3, -0.25) is 5.43 Å². The van der Waals surface area contributed by atoms with Crippen molar-refractivity contribution in [1.82, 2.24) is 0 Å². The highest BCUT2D eigenvalue weighted by Gasteiger charge is 2.04. The first-order valence-corrected chi connectivity index (χ1v) is 4.77. The molecule has 1 N–H and O–H groups in total. The monoisotopic (exact) mass is 232 g/mol. The van der Waals surface area contributed by atoms with Crippen LogP contribution in [-0.2, 0) is 0 Å². The SMILES string of the molecule is CCOc1ccc(F)cc1NN=C(C#N)C#N. The molecule has 0 aliphatic carbocycles. The lowest BCUT2D eigenvalue weighted by Crippen LogP contribution is -2.00. The largest absolute Gasteiger partial charge is 0.492 e. The van der Waals surface area contributed by atoms with Crippen molar-refractivity contribution in [2.24, 2.45) is 5.10 Å². The molecule has 0 aliphatic rings. The number of halogens is 1. The summed E-state index contributed by atoms with van der Waals surface area (Å²) < 4.78 is 18.2. The van der Waals surface area contributed by atoms with Gasteiger partial charge in [0.2, 0.25) is 5.71 Å². The lowest BCUT2D eigenvalue weighted by molar-refractivity contribution is 0.341. The Morgan fingerprint density at radius 2 is 2.18 bits per heavy atom. The van der Waals surface area contributed by atoms with Crippen molar-refractivity contribution in [3.63, 3.8) is 0 Å². The van der Waals surface area contributed by atoms with Gasteiger partial charge in [-0.1, -0.05) is 0 Å². The van der Waals surface area contributed by atoms with Crippen LogP contribution < -0.4 is 10.2 Å². The lowest BCUT2D eigenvalue weighted by Gasteiger charge is -2.08. The molecule has 1 aromatic rings. The second kappa shape index (κ2) is 6.09. The van der Waals surface area contributed by atoms with Gasteiger partial charge in [0.25, 0.3) is 0 Å². The van der Waals surface area contributed by atoms with E-state index in [1.54, 1.807) is 19.1 Å². The molecule has 17 heavy (non-hydrogen) atoms. The summed E-state index contributed by atoms with van der Waals surface area (Å²) in [6.07, 6.45) is 0. The van der Waals surface area contributed by atoms with Crippen LogP contribution in [-0.4, -0.2) is 12.3 Å². The Kier molecular flexibility index (Phi) is 4.46. The quantitative estimate of drug-likeness (QED) is 0.636. The van der Waals surface area contributed by atoms with Crippen LogP contribution in [0.4, 0.5) is 10.1 Å². The van der Waals surface area contributed by atoms with Gasteiger partial charge in [0.15, 0.2) is 0 Å². The first-order chi connectivity index (χ1) is 8.21. The minimum Gasteiger partial charge on any atom is -0.492 e. The van der Waals surface area contributed by atoms with E-state index in [0.29, 0.717) is 12.4 Å². The van der Waals surface area contributed by atoms with Crippen molar-refractivity contribution < 1.29 is 9.13 Å². The fourth-order valence-corrected chi connectivity index (χ4v) is 1.06. The number of hydrazone groups is 1. The Morgan fingerprint density at radius 1 is 1.47 bits per heavy atom. The van der Waals surface area contributed by atoms with Gasteiger partial charge in [-0.2, -0.15) is 15.6 Å². The van der Waals surface area contributed by atoms with Crippen LogP contribution in [0.5, 0.6) is 5.75 Å². The van der Waals surface area contributed by atoms with Crippen molar-refractivity contribution >= 4 is 11.4 Å². The minimum atomic E-state index is -0.471. The molecule has 0 saturated heterocycles. The zero-order chi connectivity index (χ0) is 12.7. The van der Waals surface area contributed by atoms with Gasteiger partial charge in [-0.25, -0.2) is 4.39 Å². The fourth-order valence-electron chi connectivity index (χ4n) is 1.06. The van der Waals surface area contributed by atoms with Gasteiger partial charge in [-0.05, 0) is 19.1 Å². The third-order valence-corrected chi connectivity index (χ3v) is 1.74. The minimum absolute atomic E-state index is 0.259. The molecule has 5 nitrogen and oxygen atoms in total. The van der Waals surface area contributed by atoms with E-state index in [2.05, 4.69) is 10.5 Å². The Bertz CT molecular complexity index is 497. The van der Waals surface area contributed by atoms with Crippen LogP contribution in [0, 0.1) is 28.5 Å². The van der Waals surface area contributed by atoms with E-state index in [-0.39, 0.29) is 11.4 Å². The number of hydrogen-bond donors (Lipinski definition) is 1. The topological polar surface area (TPSA) is 81.2 Å². The molecular weight excluding hydrogens is 223 g/mol. The maximum atomic E-state index is 13.0. The first-order valence-electron chi connectivity index (χ1n) is 4.77. The van der Waals surface area contributed by atoms with Crippen LogP contribution >= 0.6 is 0 Å². The molecule has 86 valence electrons. The maximum absolute atomic E-state index is 13.0. The zero-order valence-electron chi connectivity index (χ0n) is 9.07. The summed E-state index contributed by atoms with van der Waals surface area (Å²) in [7, 11) is 0. The second-order valence-corrected chi connectivity index (χ2v) is 2.87. The third kappa shape index (κ3) is 3.47. The second-order valence-electron chi connectivity index (χ2n) is 2.87. The average molecular weight is 232 g/mol. The standard InChI is InChI=1S/C11H9FN4O/c1-2-17-11-4-3-8(12)5-10(11)16-15-9(6-13)7-14/h3-5,16H,2H2,1H3. The summed E-state index contributed by atoms with van der Waals surface area (Å²) in [4.78, 5) is 0. The van der Waals surface area contributed by atoms with E-state index < -0.39 is 5.82 Å². The molecule has 0 spiro atoms. The van der Waals surface area contributed by atoms with E-state index in [9.17, 15) is 4.39 Å². The van der Waals surface area contributed by atoms with E-state index in [1.165, 1.54) is 18.2 Å². The Labute approximate surface area is 97.7 Å². The normalized spacial score (nSPS) is 8.71. The zero-order valence-corrected chi connectivity index (χ0v) is 9.07. The lowest BCUT2D eigenvalue weighted by atomic mass is 10.3. The number of rotatable bonds is 4. The third-order valence-electron chi connectivity index (χ3n) is 1.74. The van der Waals surface area contributed by atoms with Crippen molar-refractivity contribution in [3.05, 3.63) is 24.0 Å². The van der Waals surface area contributed by atoms with E-state index in [0.717, 1.165) is 0 Å². The number of anilines is 1. The van der Waals surface area contributed by atoms with Crippen LogP contribution in [0.15, 0.2) is 23.3 Å². The van der Waals surface area contributed by atoms with Crippen molar-refractivity contribution in [2.75, 3.05) is 12.0 Å². The number of benzene rings is 1. The number of nitrogens with zero attached hydrogens (tertiary/aromatic N) is 3. The van der Waals surface area contributed by atoms with Crippen LogP contribution in [0.3, 0.4) is 0 Å². The highest BCUT2D eigenvalue weighted by atomic mass is 19.1. The maximum Gasteiger partial charge on any atom is 0.237 e. The van der Waals surface area contributed by atoms with Crippen molar-refractivity contribution in [2.45, 2.75) is 6.92 Å². The van der Waals surface area contributed by atoms with Gasteiger partial charge in [0.1, 0.15) is 29.4 Å². The summed E-state index contributed by atoms with van der Waals surface area (Å²) >= 11 is 0. The summed E-state index contributed by atoms with van der Waals surface area (Å²) in [6.45, 7) is 2.19. The van der Waals surface area contributed by atoms with E-state index in [1.807, 2.05) is 0 Å². The number of nitrogens with one attached hydrogen (secondary N) is 1. The van der Waals surface area contributed by atoms with Gasteiger partial charge in [0.05, 0.1) is 6.61 Å². The number of nitriles is 2. The summed E-state index contributed by atoms with van der Waals surface area (Å²) in [5.74, 6) is -0.0745. The smallest absolute Gasteiger partial charge is 0.237 e. The molecule has 0 bridgehead atoms. The summed E-state index contributed by atoms with van der Waals surface area (Å²) in [6, 6.07) is 7.01. The molecule has 1 rings (SSSR count). The molecule has 0 aliphatic heterocycles. The summed E-state index contributed by atoms with van der Waals surface area (Å²) in [5, 5.41) is 20.5. The van der Waals surface area contributed by atoms with Gasteiger partial charge in [-0.15, -0.1) is 0 Å². The number of hydrogen-bond acceptors (Lipinski definition) is 5. The van der Waals surface area contributed by atoms with Crippen LogP contribution in [0.25, 0.3) is 0 Å². The average Bonchev–Trinajstić information content (AvgIpc) is 2.34. The van der Waals surface area contributed by atoms with Crippen LogP contribution in [0.2, 0.25) is 0 Å². The molecular formula is C11H9FN4O. The van der Waals surface area contributed by atoms with Crippen LogP contribution in [0.1, 0.15) is 6.92 Å². The first kappa shape index (κ1) is 12.5. The Morgan fingerprint density at radius 3 is 2.76 bits per heavy atom. The molecule has 0 amide bonds. The molecule has 0 heterocycles. The fraction of sp³-hybridized carbons (Fsp3) is 0.182. The van der Waals surface area contributed by atoms with Gasteiger partial charge < -0.3 is 4.74 Å². The summed E-state index contributed by atoms with van der Waals surface area (Å²) in [5.41, 5.74) is 2.33. The van der Waals surface area contributed by atoms with Crippen molar-refractivity contribution in [3.8, 4) is 17.9 Å². The highest BCUT2D eigenvalue weighted by Crippen LogP contribution is 2.25. The molecule has 0 aromatic heterocycles. The predicted octanol–water partition coefficient (Wildman–Crippen LogP) is 2.04. The molecule has 0 saturated carbocycles. The molecule has 0 fully saturated rings. The van der Waals surface area contributed by atoms with Gasteiger partial charge >= 0.3 is 0 Å². The molecule has 0 radical (unpaired) electrons. The number of ether oxygens (including phenoxy) is 1. The molecule has 0 atom stereocenters. The van der Waals surface area contributed by atoms with Crippen molar-refractivity contribution in [1.29, 1.82) is 10.5 Å².